The Morgan fingerprint density at radius 1 is 0.966 bits per heavy atom. The molecule has 0 aliphatic carbocycles. The molecule has 150 valence electrons. The first-order valence-corrected chi connectivity index (χ1v) is 9.39. The number of nitrogens with one attached hydrogen (secondary N) is 1. The van der Waals surface area contributed by atoms with E-state index in [0.717, 1.165) is 37.0 Å². The summed E-state index contributed by atoms with van der Waals surface area (Å²) in [5.74, 6) is -0.560. The lowest BCUT2D eigenvalue weighted by Crippen LogP contribution is -2.27. The van der Waals surface area contributed by atoms with Crippen molar-refractivity contribution in [2.24, 2.45) is 7.05 Å². The van der Waals surface area contributed by atoms with Crippen LogP contribution in [0.5, 0.6) is 0 Å². The molecule has 1 aliphatic rings. The van der Waals surface area contributed by atoms with Crippen LogP contribution < -0.4 is 5.32 Å². The van der Waals surface area contributed by atoms with E-state index in [2.05, 4.69) is 20.6 Å². The molecule has 5 nitrogen and oxygen atoms in total. The summed E-state index contributed by atoms with van der Waals surface area (Å²) >= 11 is 0. The van der Waals surface area contributed by atoms with Crippen molar-refractivity contribution in [3.63, 3.8) is 0 Å². The van der Waals surface area contributed by atoms with Gasteiger partial charge in [0.05, 0.1) is 16.7 Å². The normalized spacial score (nSPS) is 15.0. The molecular weight excluding hydrogens is 396 g/mol. The third kappa shape index (κ3) is 3.56. The minimum Gasteiger partial charge on any atom is -0.317 e. The smallest absolute Gasteiger partial charge is 0.133 e. The van der Waals surface area contributed by atoms with Gasteiger partial charge in [-0.3, -0.25) is 4.68 Å². The monoisotopic (exact) mass is 415 g/mol. The minimum absolute atomic E-state index is 0. The van der Waals surface area contributed by atoms with Crippen LogP contribution in [0.25, 0.3) is 32.9 Å². The Bertz CT molecular complexity index is 1200. The van der Waals surface area contributed by atoms with Gasteiger partial charge in [-0.25, -0.2) is 8.78 Å². The number of benzene rings is 2. The van der Waals surface area contributed by atoms with E-state index in [4.69, 9.17) is 0 Å². The zero-order valence-corrected chi connectivity index (χ0v) is 16.6. The summed E-state index contributed by atoms with van der Waals surface area (Å²) in [5, 5.41) is 17.3. The van der Waals surface area contributed by atoms with Crippen molar-refractivity contribution in [1.82, 2.24) is 25.3 Å². The Labute approximate surface area is 172 Å². The average molecular weight is 416 g/mol. The Morgan fingerprint density at radius 3 is 2.55 bits per heavy atom. The van der Waals surface area contributed by atoms with E-state index in [-0.39, 0.29) is 12.4 Å². The number of rotatable bonds is 2. The maximum absolute atomic E-state index is 14.9. The quantitative estimate of drug-likeness (QED) is 0.528. The van der Waals surface area contributed by atoms with Crippen molar-refractivity contribution >= 4 is 34.2 Å². The van der Waals surface area contributed by atoms with E-state index in [0.29, 0.717) is 33.5 Å². The van der Waals surface area contributed by atoms with Gasteiger partial charge in [-0.15, -0.1) is 12.4 Å². The highest BCUT2D eigenvalue weighted by Gasteiger charge is 2.19. The molecule has 0 bridgehead atoms. The van der Waals surface area contributed by atoms with Crippen LogP contribution in [0.2, 0.25) is 0 Å². The van der Waals surface area contributed by atoms with Crippen molar-refractivity contribution in [2.75, 3.05) is 13.1 Å². The lowest BCUT2D eigenvalue weighted by Gasteiger charge is -2.21. The zero-order valence-electron chi connectivity index (χ0n) is 15.8. The number of nitrogens with zero attached hydrogens (tertiary/aromatic N) is 4. The first-order valence-electron chi connectivity index (χ1n) is 9.39. The third-order valence-corrected chi connectivity index (χ3v) is 5.45. The summed E-state index contributed by atoms with van der Waals surface area (Å²) < 4.78 is 31.2. The fourth-order valence-electron chi connectivity index (χ4n) is 3.98. The highest BCUT2D eigenvalue weighted by atomic mass is 35.5. The summed E-state index contributed by atoms with van der Waals surface area (Å²) in [5.41, 5.74) is 2.58. The van der Waals surface area contributed by atoms with Gasteiger partial charge in [0.15, 0.2) is 0 Å². The fraction of sp³-hybridized carbons (Fsp3) is 0.286. The zero-order chi connectivity index (χ0) is 19.3. The number of fused-ring (bicyclic) bond motifs is 2. The van der Waals surface area contributed by atoms with Gasteiger partial charge in [0.1, 0.15) is 11.6 Å². The van der Waals surface area contributed by atoms with Crippen LogP contribution in [0.3, 0.4) is 0 Å². The summed E-state index contributed by atoms with van der Waals surface area (Å²) in [6, 6.07) is 7.92. The lowest BCUT2D eigenvalue weighted by molar-refractivity contribution is 0.451. The SMILES string of the molecule is Cl.Cn1cc2cc(-c3cc(F)c4cc(C5CCNCC5)nnc4c3)c(F)cc2n1. The number of halogens is 3. The molecule has 0 radical (unpaired) electrons. The van der Waals surface area contributed by atoms with Gasteiger partial charge in [-0.2, -0.15) is 15.3 Å². The van der Waals surface area contributed by atoms with E-state index in [1.165, 1.54) is 12.1 Å². The van der Waals surface area contributed by atoms with Crippen LogP contribution in [0, 0.1) is 11.6 Å². The molecule has 1 saturated heterocycles. The second-order valence-corrected chi connectivity index (χ2v) is 7.38. The van der Waals surface area contributed by atoms with Gasteiger partial charge >= 0.3 is 0 Å². The second kappa shape index (κ2) is 7.65. The Morgan fingerprint density at radius 2 is 1.76 bits per heavy atom. The molecule has 3 heterocycles. The number of hydrogen-bond acceptors (Lipinski definition) is 4. The molecule has 2 aromatic carbocycles. The molecular formula is C21H20ClF2N5. The van der Waals surface area contributed by atoms with Gasteiger partial charge in [0.2, 0.25) is 0 Å². The van der Waals surface area contributed by atoms with Crippen molar-refractivity contribution in [1.29, 1.82) is 0 Å². The second-order valence-electron chi connectivity index (χ2n) is 7.38. The molecule has 1 aliphatic heterocycles. The number of aryl methyl sites for hydroxylation is 1. The van der Waals surface area contributed by atoms with Crippen molar-refractivity contribution in [3.8, 4) is 11.1 Å². The van der Waals surface area contributed by atoms with E-state index >= 15 is 0 Å². The fourth-order valence-corrected chi connectivity index (χ4v) is 3.98. The molecule has 0 spiro atoms. The summed E-state index contributed by atoms with van der Waals surface area (Å²) in [6.07, 6.45) is 3.74. The number of aromatic nitrogens is 4. The molecule has 0 atom stereocenters. The lowest BCUT2D eigenvalue weighted by atomic mass is 9.93. The standard InChI is InChI=1S/C21H19F2N5.ClH/c1-28-11-14-6-15(18(23)10-20(14)27-28)13-7-17(22)16-9-19(25-26-21(16)8-13)12-2-4-24-5-3-12;/h6-12,24H,2-5H2,1H3;1H. The molecule has 4 aromatic rings. The predicted molar refractivity (Wildman–Crippen MR) is 111 cm³/mol. The van der Waals surface area contributed by atoms with Gasteiger partial charge < -0.3 is 5.32 Å². The minimum atomic E-state index is -0.441. The summed E-state index contributed by atoms with van der Waals surface area (Å²) in [7, 11) is 1.78. The molecule has 29 heavy (non-hydrogen) atoms. The van der Waals surface area contributed by atoms with Crippen LogP contribution in [0.4, 0.5) is 8.78 Å². The van der Waals surface area contributed by atoms with Crippen LogP contribution in [-0.2, 0) is 7.05 Å². The van der Waals surface area contributed by atoms with Gasteiger partial charge in [0, 0.05) is 41.6 Å². The summed E-state index contributed by atoms with van der Waals surface area (Å²) in [4.78, 5) is 0. The molecule has 0 saturated carbocycles. The van der Waals surface area contributed by atoms with E-state index in [1.54, 1.807) is 36.1 Å². The molecule has 1 fully saturated rings. The summed E-state index contributed by atoms with van der Waals surface area (Å²) in [6.45, 7) is 1.86. The maximum Gasteiger partial charge on any atom is 0.133 e. The van der Waals surface area contributed by atoms with Gasteiger partial charge in [-0.05, 0) is 55.8 Å². The van der Waals surface area contributed by atoms with E-state index in [9.17, 15) is 8.78 Å². The number of hydrogen-bond donors (Lipinski definition) is 1. The number of piperidine rings is 1. The van der Waals surface area contributed by atoms with Crippen molar-refractivity contribution in [2.45, 2.75) is 18.8 Å². The predicted octanol–water partition coefficient (Wildman–Crippen LogP) is 4.35. The molecule has 5 rings (SSSR count). The highest BCUT2D eigenvalue weighted by molar-refractivity contribution is 5.89. The highest BCUT2D eigenvalue weighted by Crippen LogP contribution is 2.32. The van der Waals surface area contributed by atoms with Crippen molar-refractivity contribution in [3.05, 3.63) is 53.9 Å². The van der Waals surface area contributed by atoms with Crippen LogP contribution in [0.15, 0.2) is 36.5 Å². The topological polar surface area (TPSA) is 55.6 Å². The van der Waals surface area contributed by atoms with Crippen LogP contribution in [0.1, 0.15) is 24.5 Å². The molecule has 0 unspecified atom stereocenters. The molecule has 1 N–H and O–H groups in total. The van der Waals surface area contributed by atoms with E-state index in [1.807, 2.05) is 0 Å². The molecule has 0 amide bonds. The van der Waals surface area contributed by atoms with E-state index < -0.39 is 11.6 Å². The molecule has 8 heteroatoms. The molecule has 2 aromatic heterocycles. The van der Waals surface area contributed by atoms with Crippen LogP contribution >= 0.6 is 12.4 Å². The maximum atomic E-state index is 14.9. The van der Waals surface area contributed by atoms with Gasteiger partial charge in [0.25, 0.3) is 0 Å². The van der Waals surface area contributed by atoms with Gasteiger partial charge in [-0.1, -0.05) is 0 Å². The largest absolute Gasteiger partial charge is 0.317 e. The first-order chi connectivity index (χ1) is 13.6. The average Bonchev–Trinajstić information content (AvgIpc) is 3.06. The Balaban J connectivity index is 0.00000205. The Kier molecular flexibility index (Phi) is 5.19. The van der Waals surface area contributed by atoms with Crippen molar-refractivity contribution < 1.29 is 8.78 Å². The van der Waals surface area contributed by atoms with Crippen LogP contribution in [-0.4, -0.2) is 33.1 Å². The first kappa shape index (κ1) is 19.7. The Hall–Kier alpha value is -2.64. The third-order valence-electron chi connectivity index (χ3n) is 5.45.